The SMILES string of the molecule is CCCc1ccc(-c2ccc(C(=O)C(F)(F)C(F)(F)C(F)(F)F)cc2)cc1. The molecule has 0 aliphatic rings. The summed E-state index contributed by atoms with van der Waals surface area (Å²) in [5.41, 5.74) is 1.33. The number of alkyl halides is 7. The number of benzene rings is 2. The molecular weight excluding hydrogens is 377 g/mol. The molecular formula is C19H15F7O. The van der Waals surface area contributed by atoms with E-state index in [-0.39, 0.29) is 0 Å². The molecule has 2 aromatic rings. The molecule has 0 bridgehead atoms. The Labute approximate surface area is 150 Å². The molecule has 0 fully saturated rings. The maximum absolute atomic E-state index is 13.5. The zero-order valence-corrected chi connectivity index (χ0v) is 14.1. The summed E-state index contributed by atoms with van der Waals surface area (Å²) < 4.78 is 89.6. The third-order valence-corrected chi connectivity index (χ3v) is 4.01. The summed E-state index contributed by atoms with van der Waals surface area (Å²) in [6, 6.07) is 11.3. The van der Waals surface area contributed by atoms with Gasteiger partial charge < -0.3 is 0 Å². The molecule has 0 aromatic heterocycles. The zero-order valence-electron chi connectivity index (χ0n) is 14.1. The molecule has 27 heavy (non-hydrogen) atoms. The first-order valence-corrected chi connectivity index (χ1v) is 7.98. The van der Waals surface area contributed by atoms with Crippen LogP contribution in [0.2, 0.25) is 0 Å². The quantitative estimate of drug-likeness (QED) is 0.415. The molecule has 0 aliphatic heterocycles. The molecule has 0 aliphatic carbocycles. The highest BCUT2D eigenvalue weighted by Crippen LogP contribution is 2.47. The summed E-state index contributed by atoms with van der Waals surface area (Å²) in [5, 5.41) is 0. The van der Waals surface area contributed by atoms with Crippen LogP contribution in [0.4, 0.5) is 30.7 Å². The van der Waals surface area contributed by atoms with Gasteiger partial charge in [-0.2, -0.15) is 30.7 Å². The van der Waals surface area contributed by atoms with E-state index in [1.807, 2.05) is 19.1 Å². The van der Waals surface area contributed by atoms with Gasteiger partial charge in [0.2, 0.25) is 5.78 Å². The van der Waals surface area contributed by atoms with Gasteiger partial charge in [-0.3, -0.25) is 4.79 Å². The fraction of sp³-hybridized carbons (Fsp3) is 0.316. The van der Waals surface area contributed by atoms with Crippen molar-refractivity contribution in [2.24, 2.45) is 0 Å². The van der Waals surface area contributed by atoms with Gasteiger partial charge in [-0.1, -0.05) is 61.9 Å². The third-order valence-electron chi connectivity index (χ3n) is 4.01. The van der Waals surface area contributed by atoms with Crippen LogP contribution in [0.1, 0.15) is 29.3 Å². The van der Waals surface area contributed by atoms with E-state index in [0.29, 0.717) is 11.1 Å². The predicted octanol–water partition coefficient (Wildman–Crippen LogP) is 6.32. The van der Waals surface area contributed by atoms with Gasteiger partial charge in [0.25, 0.3) is 0 Å². The molecule has 0 saturated heterocycles. The second kappa shape index (κ2) is 7.32. The largest absolute Gasteiger partial charge is 0.460 e. The number of hydrogen-bond acceptors (Lipinski definition) is 1. The minimum absolute atomic E-state index is 0.500. The average Bonchev–Trinajstić information content (AvgIpc) is 2.61. The lowest BCUT2D eigenvalue weighted by molar-refractivity contribution is -0.339. The average molecular weight is 392 g/mol. The molecule has 0 N–H and O–H groups in total. The van der Waals surface area contributed by atoms with Crippen molar-refractivity contribution in [2.45, 2.75) is 37.8 Å². The highest BCUT2D eigenvalue weighted by molar-refractivity contribution is 6.02. The van der Waals surface area contributed by atoms with Gasteiger partial charge in [0.05, 0.1) is 0 Å². The molecule has 0 heterocycles. The number of aryl methyl sites for hydroxylation is 1. The van der Waals surface area contributed by atoms with E-state index in [2.05, 4.69) is 0 Å². The van der Waals surface area contributed by atoms with Crippen LogP contribution in [-0.2, 0) is 6.42 Å². The zero-order chi connectivity index (χ0) is 20.5. The number of halogens is 7. The Kier molecular flexibility index (Phi) is 5.68. The first-order chi connectivity index (χ1) is 12.4. The smallest absolute Gasteiger partial charge is 0.287 e. The van der Waals surface area contributed by atoms with Crippen LogP contribution in [0.3, 0.4) is 0 Å². The second-order valence-corrected chi connectivity index (χ2v) is 6.00. The summed E-state index contributed by atoms with van der Waals surface area (Å²) in [7, 11) is 0. The second-order valence-electron chi connectivity index (χ2n) is 6.00. The van der Waals surface area contributed by atoms with Crippen molar-refractivity contribution in [2.75, 3.05) is 0 Å². The van der Waals surface area contributed by atoms with E-state index < -0.39 is 29.4 Å². The predicted molar refractivity (Wildman–Crippen MR) is 86.2 cm³/mol. The van der Waals surface area contributed by atoms with Crippen LogP contribution in [0.5, 0.6) is 0 Å². The van der Waals surface area contributed by atoms with Crippen molar-refractivity contribution < 1.29 is 35.5 Å². The fourth-order valence-corrected chi connectivity index (χ4v) is 2.47. The van der Waals surface area contributed by atoms with Gasteiger partial charge in [0, 0.05) is 5.56 Å². The number of carbonyl (C=O) groups is 1. The lowest BCUT2D eigenvalue weighted by Crippen LogP contribution is -2.56. The molecule has 0 amide bonds. The standard InChI is InChI=1S/C19H15F7O/c1-2-3-12-4-6-13(7-5-12)14-8-10-15(11-9-14)16(27)17(20,21)18(22,23)19(24,25)26/h4-11H,2-3H2,1H3. The van der Waals surface area contributed by atoms with Crippen molar-refractivity contribution in [3.63, 3.8) is 0 Å². The number of Topliss-reactive ketones (excluding diaryl/α,β-unsaturated/α-hetero) is 1. The van der Waals surface area contributed by atoms with E-state index in [1.54, 1.807) is 12.1 Å². The molecule has 8 heteroatoms. The molecule has 1 nitrogen and oxygen atoms in total. The molecule has 146 valence electrons. The summed E-state index contributed by atoms with van der Waals surface area (Å²) in [5.74, 6) is -15.0. The van der Waals surface area contributed by atoms with Gasteiger partial charge in [-0.15, -0.1) is 0 Å². The van der Waals surface area contributed by atoms with Crippen LogP contribution in [0, 0.1) is 0 Å². The van der Waals surface area contributed by atoms with Crippen molar-refractivity contribution in [1.82, 2.24) is 0 Å². The molecule has 0 unspecified atom stereocenters. The topological polar surface area (TPSA) is 17.1 Å². The van der Waals surface area contributed by atoms with Crippen molar-refractivity contribution in [1.29, 1.82) is 0 Å². The Morgan fingerprint density at radius 2 is 1.22 bits per heavy atom. The number of rotatable bonds is 6. The summed E-state index contributed by atoms with van der Waals surface area (Å²) >= 11 is 0. The number of ketones is 1. The number of hydrogen-bond donors (Lipinski definition) is 0. The lowest BCUT2D eigenvalue weighted by Gasteiger charge is -2.27. The third kappa shape index (κ3) is 3.99. The van der Waals surface area contributed by atoms with E-state index in [9.17, 15) is 35.5 Å². The Morgan fingerprint density at radius 3 is 1.63 bits per heavy atom. The van der Waals surface area contributed by atoms with Gasteiger partial charge in [-0.05, 0) is 23.1 Å². The van der Waals surface area contributed by atoms with Crippen LogP contribution >= 0.6 is 0 Å². The minimum Gasteiger partial charge on any atom is -0.287 e. The van der Waals surface area contributed by atoms with Crippen LogP contribution < -0.4 is 0 Å². The van der Waals surface area contributed by atoms with Crippen molar-refractivity contribution in [3.8, 4) is 11.1 Å². The first kappa shape index (κ1) is 20.9. The molecule has 2 aromatic carbocycles. The highest BCUT2D eigenvalue weighted by Gasteiger charge is 2.76. The van der Waals surface area contributed by atoms with Crippen LogP contribution in [0.25, 0.3) is 11.1 Å². The van der Waals surface area contributed by atoms with Crippen LogP contribution in [0.15, 0.2) is 48.5 Å². The van der Waals surface area contributed by atoms with E-state index in [0.717, 1.165) is 30.5 Å². The van der Waals surface area contributed by atoms with Crippen LogP contribution in [-0.4, -0.2) is 23.8 Å². The monoisotopic (exact) mass is 392 g/mol. The Balaban J connectivity index is 2.27. The summed E-state index contributed by atoms with van der Waals surface area (Å²) in [6.07, 6.45) is -4.73. The van der Waals surface area contributed by atoms with Gasteiger partial charge in [-0.25, -0.2) is 0 Å². The van der Waals surface area contributed by atoms with E-state index in [4.69, 9.17) is 0 Å². The molecule has 0 radical (unpaired) electrons. The fourth-order valence-electron chi connectivity index (χ4n) is 2.47. The Bertz CT molecular complexity index is 790. The van der Waals surface area contributed by atoms with Crippen molar-refractivity contribution in [3.05, 3.63) is 59.7 Å². The first-order valence-electron chi connectivity index (χ1n) is 7.98. The Morgan fingerprint density at radius 1 is 0.778 bits per heavy atom. The molecule has 0 atom stereocenters. The van der Waals surface area contributed by atoms with E-state index in [1.165, 1.54) is 12.1 Å². The maximum Gasteiger partial charge on any atom is 0.460 e. The van der Waals surface area contributed by atoms with Gasteiger partial charge in [0.15, 0.2) is 0 Å². The molecule has 2 rings (SSSR count). The minimum atomic E-state index is -6.55. The number of carbonyl (C=O) groups excluding carboxylic acids is 1. The summed E-state index contributed by atoms with van der Waals surface area (Å²) in [6.45, 7) is 2.02. The van der Waals surface area contributed by atoms with Gasteiger partial charge in [0.1, 0.15) is 0 Å². The lowest BCUT2D eigenvalue weighted by atomic mass is 9.96. The Hall–Kier alpha value is -2.38. The van der Waals surface area contributed by atoms with Gasteiger partial charge >= 0.3 is 18.0 Å². The van der Waals surface area contributed by atoms with Crippen molar-refractivity contribution >= 4 is 5.78 Å². The highest BCUT2D eigenvalue weighted by atomic mass is 19.4. The summed E-state index contributed by atoms with van der Waals surface area (Å²) in [4.78, 5) is 11.6. The molecule has 0 saturated carbocycles. The van der Waals surface area contributed by atoms with E-state index >= 15 is 0 Å². The normalized spacial score (nSPS) is 12.9. The molecule has 0 spiro atoms. The maximum atomic E-state index is 13.5.